The van der Waals surface area contributed by atoms with Gasteiger partial charge in [-0.2, -0.15) is 5.10 Å². The number of rotatable bonds is 4. The number of benzene rings is 2. The minimum absolute atomic E-state index is 0.0516. The lowest BCUT2D eigenvalue weighted by Gasteiger charge is -2.46. The molecule has 0 spiro atoms. The van der Waals surface area contributed by atoms with Crippen LogP contribution in [0.4, 0.5) is 10.1 Å². The van der Waals surface area contributed by atoms with Crippen LogP contribution in [0.5, 0.6) is 0 Å². The lowest BCUT2D eigenvalue weighted by atomic mass is 9.87. The number of carbonyl (C=O) groups is 1. The van der Waals surface area contributed by atoms with Crippen molar-refractivity contribution in [3.63, 3.8) is 0 Å². The van der Waals surface area contributed by atoms with Gasteiger partial charge < -0.3 is 4.90 Å². The third-order valence-electron chi connectivity index (χ3n) is 4.90. The Morgan fingerprint density at radius 1 is 1.18 bits per heavy atom. The Kier molecular flexibility index (Phi) is 5.36. The van der Waals surface area contributed by atoms with Crippen LogP contribution in [0.25, 0.3) is 5.57 Å². The van der Waals surface area contributed by atoms with E-state index in [9.17, 15) is 9.18 Å². The van der Waals surface area contributed by atoms with E-state index in [1.165, 1.54) is 41.1 Å². The number of hydrazone groups is 1. The molecule has 0 fully saturated rings. The van der Waals surface area contributed by atoms with Crippen LogP contribution in [0.2, 0.25) is 0 Å². The van der Waals surface area contributed by atoms with Gasteiger partial charge >= 0.3 is 0 Å². The van der Waals surface area contributed by atoms with Crippen LogP contribution in [0.3, 0.4) is 0 Å². The van der Waals surface area contributed by atoms with Crippen LogP contribution in [0.15, 0.2) is 53.6 Å². The van der Waals surface area contributed by atoms with Crippen molar-refractivity contribution in [1.82, 2.24) is 5.43 Å². The lowest BCUT2D eigenvalue weighted by Crippen LogP contribution is -2.49. The number of anilines is 1. The zero-order valence-electron chi connectivity index (χ0n) is 17.0. The average Bonchev–Trinajstić information content (AvgIpc) is 2.61. The van der Waals surface area contributed by atoms with Crippen molar-refractivity contribution < 1.29 is 9.18 Å². The highest BCUT2D eigenvalue weighted by molar-refractivity contribution is 5.95. The standard InChI is InChI=1S/C23H26FN3O/c1-15(2)27-21-11-6-17(12-20(21)16(3)13-23(27,4)5)14-25-26-22(28)18-7-9-19(24)10-8-18/h6-15H,1-5H3,(H,26,28)/b25-14-. The third-order valence-corrected chi connectivity index (χ3v) is 4.90. The molecule has 28 heavy (non-hydrogen) atoms. The van der Waals surface area contributed by atoms with E-state index in [-0.39, 0.29) is 17.3 Å². The van der Waals surface area contributed by atoms with Gasteiger partial charge in [0.25, 0.3) is 5.91 Å². The molecule has 2 aromatic carbocycles. The number of halogens is 1. The van der Waals surface area contributed by atoms with Gasteiger partial charge in [0.2, 0.25) is 0 Å². The van der Waals surface area contributed by atoms with Gasteiger partial charge in [-0.05, 0) is 82.2 Å². The maximum absolute atomic E-state index is 12.9. The maximum Gasteiger partial charge on any atom is 0.271 e. The van der Waals surface area contributed by atoms with E-state index in [2.05, 4.69) is 68.3 Å². The summed E-state index contributed by atoms with van der Waals surface area (Å²) in [6.45, 7) is 11.0. The molecular weight excluding hydrogens is 353 g/mol. The van der Waals surface area contributed by atoms with Crippen LogP contribution in [-0.4, -0.2) is 23.7 Å². The fourth-order valence-electron chi connectivity index (χ4n) is 3.92. The zero-order valence-corrected chi connectivity index (χ0v) is 17.0. The summed E-state index contributed by atoms with van der Waals surface area (Å²) < 4.78 is 12.9. The minimum atomic E-state index is -0.379. The summed E-state index contributed by atoms with van der Waals surface area (Å²) in [5.41, 5.74) is 7.28. The summed E-state index contributed by atoms with van der Waals surface area (Å²) in [6.07, 6.45) is 3.90. The fourth-order valence-corrected chi connectivity index (χ4v) is 3.92. The molecule has 0 unspecified atom stereocenters. The fraction of sp³-hybridized carbons (Fsp3) is 0.304. The number of nitrogens with zero attached hydrogens (tertiary/aromatic N) is 2. The van der Waals surface area contributed by atoms with Gasteiger partial charge in [0.15, 0.2) is 0 Å². The molecule has 1 N–H and O–H groups in total. The first kappa shape index (κ1) is 19.8. The summed E-state index contributed by atoms with van der Waals surface area (Å²) in [5, 5.41) is 4.05. The van der Waals surface area contributed by atoms with Gasteiger partial charge in [0.1, 0.15) is 5.82 Å². The van der Waals surface area contributed by atoms with Gasteiger partial charge in [-0.3, -0.25) is 4.79 Å². The second-order valence-electron chi connectivity index (χ2n) is 7.93. The van der Waals surface area contributed by atoms with E-state index in [1.807, 2.05) is 6.07 Å². The number of hydrogen-bond donors (Lipinski definition) is 1. The first-order valence-corrected chi connectivity index (χ1v) is 9.41. The molecule has 146 valence electrons. The summed E-state index contributed by atoms with van der Waals surface area (Å²) >= 11 is 0. The predicted octanol–water partition coefficient (Wildman–Crippen LogP) is 5.00. The van der Waals surface area contributed by atoms with E-state index in [0.29, 0.717) is 11.6 Å². The van der Waals surface area contributed by atoms with Crippen LogP contribution < -0.4 is 10.3 Å². The Bertz CT molecular complexity index is 943. The number of nitrogens with one attached hydrogen (secondary N) is 1. The third kappa shape index (κ3) is 3.98. The molecule has 0 bridgehead atoms. The summed E-state index contributed by atoms with van der Waals surface area (Å²) in [6, 6.07) is 11.9. The lowest BCUT2D eigenvalue weighted by molar-refractivity contribution is 0.0955. The van der Waals surface area contributed by atoms with Gasteiger partial charge in [0, 0.05) is 22.9 Å². The molecule has 1 aliphatic heterocycles. The normalized spacial score (nSPS) is 15.5. The second kappa shape index (κ2) is 7.58. The molecule has 1 aliphatic rings. The smallest absolute Gasteiger partial charge is 0.271 e. The first-order chi connectivity index (χ1) is 13.2. The van der Waals surface area contributed by atoms with Crippen molar-refractivity contribution in [1.29, 1.82) is 0 Å². The molecule has 4 nitrogen and oxygen atoms in total. The maximum atomic E-state index is 12.9. The highest BCUT2D eigenvalue weighted by atomic mass is 19.1. The molecule has 0 saturated carbocycles. The Hall–Kier alpha value is -2.95. The zero-order chi connectivity index (χ0) is 20.5. The van der Waals surface area contributed by atoms with Crippen LogP contribution >= 0.6 is 0 Å². The van der Waals surface area contributed by atoms with Crippen molar-refractivity contribution in [3.8, 4) is 0 Å². The largest absolute Gasteiger partial charge is 0.360 e. The molecule has 1 heterocycles. The van der Waals surface area contributed by atoms with E-state index in [4.69, 9.17) is 0 Å². The average molecular weight is 379 g/mol. The summed E-state index contributed by atoms with van der Waals surface area (Å²) in [7, 11) is 0. The molecule has 0 aromatic heterocycles. The van der Waals surface area contributed by atoms with Crippen molar-refractivity contribution in [2.24, 2.45) is 5.10 Å². The topological polar surface area (TPSA) is 44.7 Å². The molecule has 0 saturated heterocycles. The minimum Gasteiger partial charge on any atom is -0.360 e. The highest BCUT2D eigenvalue weighted by Gasteiger charge is 2.32. The monoisotopic (exact) mass is 379 g/mol. The van der Waals surface area contributed by atoms with Crippen LogP contribution in [-0.2, 0) is 0 Å². The Balaban J connectivity index is 1.80. The van der Waals surface area contributed by atoms with Gasteiger partial charge in [0.05, 0.1) is 11.8 Å². The molecule has 2 aromatic rings. The van der Waals surface area contributed by atoms with Crippen molar-refractivity contribution in [3.05, 3.63) is 71.0 Å². The van der Waals surface area contributed by atoms with E-state index in [1.54, 1.807) is 6.21 Å². The Morgan fingerprint density at radius 2 is 1.86 bits per heavy atom. The number of hydrogen-bond acceptors (Lipinski definition) is 3. The molecular formula is C23H26FN3O. The van der Waals surface area contributed by atoms with Gasteiger partial charge in [-0.15, -0.1) is 0 Å². The Morgan fingerprint density at radius 3 is 2.50 bits per heavy atom. The molecule has 0 radical (unpaired) electrons. The molecule has 1 amide bonds. The van der Waals surface area contributed by atoms with E-state index < -0.39 is 0 Å². The Labute approximate surface area is 165 Å². The van der Waals surface area contributed by atoms with Gasteiger partial charge in [-0.1, -0.05) is 12.1 Å². The van der Waals surface area contributed by atoms with Crippen LogP contribution in [0.1, 0.15) is 56.1 Å². The second-order valence-corrected chi connectivity index (χ2v) is 7.93. The van der Waals surface area contributed by atoms with Crippen molar-refractivity contribution >= 4 is 23.4 Å². The summed E-state index contributed by atoms with van der Waals surface area (Å²) in [5.74, 6) is -0.755. The predicted molar refractivity (Wildman–Crippen MR) is 113 cm³/mol. The quantitative estimate of drug-likeness (QED) is 0.600. The van der Waals surface area contributed by atoms with Crippen LogP contribution in [0, 0.1) is 5.82 Å². The van der Waals surface area contributed by atoms with Crippen molar-refractivity contribution in [2.75, 3.05) is 4.90 Å². The SMILES string of the molecule is CC1=CC(C)(C)N(C(C)C)c2ccc(/C=N\NC(=O)c3ccc(F)cc3)cc21. The van der Waals surface area contributed by atoms with E-state index >= 15 is 0 Å². The molecule has 3 rings (SSSR count). The highest BCUT2D eigenvalue weighted by Crippen LogP contribution is 2.40. The molecule has 0 aliphatic carbocycles. The molecule has 0 atom stereocenters. The van der Waals surface area contributed by atoms with Crippen molar-refractivity contribution in [2.45, 2.75) is 46.2 Å². The number of amides is 1. The first-order valence-electron chi connectivity index (χ1n) is 9.41. The summed E-state index contributed by atoms with van der Waals surface area (Å²) in [4.78, 5) is 14.5. The number of carbonyl (C=O) groups excluding carboxylic acids is 1. The van der Waals surface area contributed by atoms with E-state index in [0.717, 1.165) is 5.56 Å². The molecule has 5 heteroatoms. The van der Waals surface area contributed by atoms with Gasteiger partial charge in [-0.25, -0.2) is 9.82 Å². The number of allylic oxidation sites excluding steroid dienone is 1. The number of fused-ring (bicyclic) bond motifs is 1.